The van der Waals surface area contributed by atoms with E-state index in [9.17, 15) is 4.79 Å². The van der Waals surface area contributed by atoms with Crippen LogP contribution in [0.15, 0.2) is 73.3 Å². The molecular formula is C19H18N4O. The number of hydrogen-bond donors (Lipinski definition) is 1. The lowest BCUT2D eigenvalue weighted by Gasteiger charge is -2.14. The Morgan fingerprint density at radius 1 is 1.21 bits per heavy atom. The molecule has 0 aliphatic heterocycles. The van der Waals surface area contributed by atoms with Gasteiger partial charge in [-0.05, 0) is 48.4 Å². The highest BCUT2D eigenvalue weighted by Crippen LogP contribution is 2.16. The number of nitrogens with one attached hydrogen (secondary N) is 1. The lowest BCUT2D eigenvalue weighted by molar-refractivity contribution is -0.117. The molecule has 0 aliphatic carbocycles. The molecule has 24 heavy (non-hydrogen) atoms. The standard InChI is InChI=1S/C19H18N4O/c1-15(22-19(24)9-8-16-5-3-10-20-14-16)17-6-2-7-18(13-17)23-12-4-11-21-23/h2-15H,1H3,(H,22,24)/b9-8+/t15-/m0/s1. The first-order valence-electron chi connectivity index (χ1n) is 7.71. The molecule has 3 aromatic rings. The van der Waals surface area contributed by atoms with Crippen molar-refractivity contribution < 1.29 is 4.79 Å². The summed E-state index contributed by atoms with van der Waals surface area (Å²) < 4.78 is 1.79. The second-order valence-corrected chi connectivity index (χ2v) is 5.40. The van der Waals surface area contributed by atoms with Crippen LogP contribution in [0.4, 0.5) is 0 Å². The molecule has 1 aromatic carbocycles. The Bertz CT molecular complexity index is 826. The van der Waals surface area contributed by atoms with Crippen LogP contribution in [0.1, 0.15) is 24.1 Å². The van der Waals surface area contributed by atoms with Crippen molar-refractivity contribution in [2.45, 2.75) is 13.0 Å². The van der Waals surface area contributed by atoms with Crippen LogP contribution in [-0.4, -0.2) is 20.7 Å². The average molecular weight is 318 g/mol. The zero-order valence-electron chi connectivity index (χ0n) is 13.3. The summed E-state index contributed by atoms with van der Waals surface area (Å²) in [6, 6.07) is 13.4. The molecule has 3 rings (SSSR count). The van der Waals surface area contributed by atoms with E-state index >= 15 is 0 Å². The molecule has 0 radical (unpaired) electrons. The van der Waals surface area contributed by atoms with Crippen LogP contribution in [0.25, 0.3) is 11.8 Å². The molecule has 0 unspecified atom stereocenters. The Morgan fingerprint density at radius 2 is 2.12 bits per heavy atom. The van der Waals surface area contributed by atoms with Crippen molar-refractivity contribution >= 4 is 12.0 Å². The monoisotopic (exact) mass is 318 g/mol. The van der Waals surface area contributed by atoms with Gasteiger partial charge in [0, 0.05) is 30.9 Å². The second-order valence-electron chi connectivity index (χ2n) is 5.40. The van der Waals surface area contributed by atoms with Gasteiger partial charge in [-0.3, -0.25) is 9.78 Å². The summed E-state index contributed by atoms with van der Waals surface area (Å²) in [5.74, 6) is -0.143. The summed E-state index contributed by atoms with van der Waals surface area (Å²) >= 11 is 0. The predicted molar refractivity (Wildman–Crippen MR) is 93.4 cm³/mol. The molecule has 0 fully saturated rings. The molecule has 0 aliphatic rings. The quantitative estimate of drug-likeness (QED) is 0.735. The molecule has 1 N–H and O–H groups in total. The topological polar surface area (TPSA) is 59.8 Å². The Morgan fingerprint density at radius 3 is 2.88 bits per heavy atom. The second kappa shape index (κ2) is 7.37. The molecule has 0 saturated carbocycles. The number of pyridine rings is 1. The van der Waals surface area contributed by atoms with Gasteiger partial charge >= 0.3 is 0 Å². The van der Waals surface area contributed by atoms with Gasteiger partial charge in [-0.25, -0.2) is 4.68 Å². The number of aromatic nitrogens is 3. The zero-order valence-corrected chi connectivity index (χ0v) is 13.3. The van der Waals surface area contributed by atoms with Crippen LogP contribution in [0, 0.1) is 0 Å². The molecule has 5 heteroatoms. The van der Waals surface area contributed by atoms with Crippen molar-refractivity contribution in [1.82, 2.24) is 20.1 Å². The number of hydrogen-bond acceptors (Lipinski definition) is 3. The number of nitrogens with zero attached hydrogens (tertiary/aromatic N) is 3. The predicted octanol–water partition coefficient (Wildman–Crippen LogP) is 3.16. The van der Waals surface area contributed by atoms with Crippen molar-refractivity contribution in [3.63, 3.8) is 0 Å². The van der Waals surface area contributed by atoms with E-state index in [0.717, 1.165) is 16.8 Å². The highest BCUT2D eigenvalue weighted by molar-refractivity contribution is 5.91. The highest BCUT2D eigenvalue weighted by Gasteiger charge is 2.08. The van der Waals surface area contributed by atoms with Crippen LogP contribution < -0.4 is 5.32 Å². The number of rotatable bonds is 5. The Hall–Kier alpha value is -3.21. The van der Waals surface area contributed by atoms with Gasteiger partial charge in [-0.1, -0.05) is 18.2 Å². The summed E-state index contributed by atoms with van der Waals surface area (Å²) in [7, 11) is 0. The first kappa shape index (κ1) is 15.7. The van der Waals surface area contributed by atoms with Crippen LogP contribution in [-0.2, 0) is 4.79 Å². The van der Waals surface area contributed by atoms with Crippen LogP contribution in [0.5, 0.6) is 0 Å². The molecule has 0 saturated heterocycles. The molecular weight excluding hydrogens is 300 g/mol. The Labute approximate surface area is 140 Å². The van der Waals surface area contributed by atoms with Gasteiger partial charge in [0.1, 0.15) is 0 Å². The fraction of sp³-hybridized carbons (Fsp3) is 0.105. The van der Waals surface area contributed by atoms with Gasteiger partial charge in [0.25, 0.3) is 0 Å². The molecule has 2 heterocycles. The summed E-state index contributed by atoms with van der Waals surface area (Å²) in [5, 5.41) is 7.19. The molecule has 1 amide bonds. The number of amides is 1. The smallest absolute Gasteiger partial charge is 0.244 e. The third-order valence-electron chi connectivity index (χ3n) is 3.61. The van der Waals surface area contributed by atoms with E-state index in [-0.39, 0.29) is 11.9 Å². The maximum Gasteiger partial charge on any atom is 0.244 e. The fourth-order valence-electron chi connectivity index (χ4n) is 2.35. The highest BCUT2D eigenvalue weighted by atomic mass is 16.1. The third kappa shape index (κ3) is 3.95. The third-order valence-corrected chi connectivity index (χ3v) is 3.61. The largest absolute Gasteiger partial charge is 0.346 e. The molecule has 1 atom stereocenters. The van der Waals surface area contributed by atoms with E-state index < -0.39 is 0 Å². The van der Waals surface area contributed by atoms with Crippen molar-refractivity contribution in [2.24, 2.45) is 0 Å². The summed E-state index contributed by atoms with van der Waals surface area (Å²) in [6.45, 7) is 1.96. The minimum Gasteiger partial charge on any atom is -0.346 e. The zero-order chi connectivity index (χ0) is 16.8. The molecule has 5 nitrogen and oxygen atoms in total. The minimum absolute atomic E-state index is 0.105. The number of carbonyl (C=O) groups excluding carboxylic acids is 1. The maximum atomic E-state index is 12.1. The minimum atomic E-state index is -0.143. The van der Waals surface area contributed by atoms with Gasteiger partial charge in [-0.15, -0.1) is 0 Å². The fourth-order valence-corrected chi connectivity index (χ4v) is 2.35. The Kier molecular flexibility index (Phi) is 4.81. The van der Waals surface area contributed by atoms with Gasteiger partial charge in [0.2, 0.25) is 5.91 Å². The van der Waals surface area contributed by atoms with Gasteiger partial charge in [0.15, 0.2) is 0 Å². The summed E-state index contributed by atoms with van der Waals surface area (Å²) in [6.07, 6.45) is 10.3. The van der Waals surface area contributed by atoms with Gasteiger partial charge in [0.05, 0.1) is 11.7 Å². The van der Waals surface area contributed by atoms with Crippen LogP contribution in [0.3, 0.4) is 0 Å². The van der Waals surface area contributed by atoms with Crippen molar-refractivity contribution in [1.29, 1.82) is 0 Å². The van der Waals surface area contributed by atoms with Crippen molar-refractivity contribution in [2.75, 3.05) is 0 Å². The van der Waals surface area contributed by atoms with Crippen LogP contribution >= 0.6 is 0 Å². The van der Waals surface area contributed by atoms with E-state index in [1.54, 1.807) is 29.3 Å². The van der Waals surface area contributed by atoms with E-state index in [0.29, 0.717) is 0 Å². The lowest BCUT2D eigenvalue weighted by atomic mass is 10.1. The SMILES string of the molecule is C[C@H](NC(=O)/C=C/c1cccnc1)c1cccc(-n2cccn2)c1. The first-order chi connectivity index (χ1) is 11.7. The normalized spacial score (nSPS) is 12.2. The Balaban J connectivity index is 1.66. The molecule has 0 bridgehead atoms. The van der Waals surface area contributed by atoms with E-state index in [1.807, 2.05) is 55.6 Å². The van der Waals surface area contributed by atoms with Gasteiger partial charge in [-0.2, -0.15) is 5.10 Å². The molecule has 120 valence electrons. The summed E-state index contributed by atoms with van der Waals surface area (Å²) in [5.41, 5.74) is 2.87. The van der Waals surface area contributed by atoms with E-state index in [1.165, 1.54) is 6.08 Å². The van der Waals surface area contributed by atoms with Crippen molar-refractivity contribution in [3.05, 3.63) is 84.5 Å². The van der Waals surface area contributed by atoms with E-state index in [2.05, 4.69) is 15.4 Å². The number of carbonyl (C=O) groups is 1. The van der Waals surface area contributed by atoms with Gasteiger partial charge < -0.3 is 5.32 Å². The first-order valence-corrected chi connectivity index (χ1v) is 7.71. The maximum absolute atomic E-state index is 12.1. The average Bonchev–Trinajstić information content (AvgIpc) is 3.16. The molecule has 0 spiro atoms. The van der Waals surface area contributed by atoms with Crippen LogP contribution in [0.2, 0.25) is 0 Å². The number of benzene rings is 1. The lowest BCUT2D eigenvalue weighted by Crippen LogP contribution is -2.24. The molecule has 2 aromatic heterocycles. The van der Waals surface area contributed by atoms with Crippen molar-refractivity contribution in [3.8, 4) is 5.69 Å². The van der Waals surface area contributed by atoms with E-state index in [4.69, 9.17) is 0 Å². The summed E-state index contributed by atoms with van der Waals surface area (Å²) in [4.78, 5) is 16.1.